The highest BCUT2D eigenvalue weighted by Crippen LogP contribution is 2.21. The van der Waals surface area contributed by atoms with Gasteiger partial charge in [0.05, 0.1) is 0 Å². The van der Waals surface area contributed by atoms with Gasteiger partial charge in [0.25, 0.3) is 0 Å². The van der Waals surface area contributed by atoms with E-state index in [9.17, 15) is 9.59 Å². The van der Waals surface area contributed by atoms with E-state index in [2.05, 4.69) is 16.3 Å². The Bertz CT molecular complexity index is 557. The minimum absolute atomic E-state index is 0.00338. The van der Waals surface area contributed by atoms with Gasteiger partial charge in [-0.25, -0.2) is 0 Å². The van der Waals surface area contributed by atoms with Crippen LogP contribution in [-0.2, 0) is 9.59 Å². The molecule has 1 aliphatic rings. The lowest BCUT2D eigenvalue weighted by Gasteiger charge is -2.36. The second-order valence-electron chi connectivity index (χ2n) is 6.14. The van der Waals surface area contributed by atoms with E-state index in [0.29, 0.717) is 13.0 Å². The summed E-state index contributed by atoms with van der Waals surface area (Å²) in [5.41, 5.74) is 1.12. The number of benzene rings is 1. The highest BCUT2D eigenvalue weighted by atomic mass is 35.5. The number of unbranched alkanes of at least 4 members (excludes halogenated alkanes) is 2. The summed E-state index contributed by atoms with van der Waals surface area (Å²) in [6.07, 6.45) is 3.37. The SMILES string of the molecule is CC(=O)NCCCCCC(=O)N1CCN(c2cccc(Cl)c2)CC1. The van der Waals surface area contributed by atoms with E-state index in [-0.39, 0.29) is 11.8 Å². The van der Waals surface area contributed by atoms with Crippen LogP contribution in [0.4, 0.5) is 5.69 Å². The molecule has 0 aromatic heterocycles. The Morgan fingerprint density at radius 1 is 1.12 bits per heavy atom. The van der Waals surface area contributed by atoms with Gasteiger partial charge < -0.3 is 15.1 Å². The van der Waals surface area contributed by atoms with E-state index in [0.717, 1.165) is 56.2 Å². The van der Waals surface area contributed by atoms with Crippen LogP contribution in [0.1, 0.15) is 32.6 Å². The van der Waals surface area contributed by atoms with E-state index < -0.39 is 0 Å². The van der Waals surface area contributed by atoms with Gasteiger partial charge in [-0.3, -0.25) is 9.59 Å². The molecule has 1 saturated heterocycles. The van der Waals surface area contributed by atoms with Crippen LogP contribution in [-0.4, -0.2) is 49.4 Å². The minimum Gasteiger partial charge on any atom is -0.368 e. The van der Waals surface area contributed by atoms with Crippen molar-refractivity contribution in [2.45, 2.75) is 32.6 Å². The fourth-order valence-electron chi connectivity index (χ4n) is 2.89. The molecule has 1 aliphatic heterocycles. The first-order chi connectivity index (χ1) is 11.6. The molecule has 1 fully saturated rings. The van der Waals surface area contributed by atoms with Crippen LogP contribution in [0.5, 0.6) is 0 Å². The number of hydrogen-bond acceptors (Lipinski definition) is 3. The van der Waals surface area contributed by atoms with Crippen LogP contribution in [0, 0.1) is 0 Å². The summed E-state index contributed by atoms with van der Waals surface area (Å²) in [7, 11) is 0. The van der Waals surface area contributed by atoms with Crippen LogP contribution in [0.3, 0.4) is 0 Å². The Balaban J connectivity index is 1.64. The van der Waals surface area contributed by atoms with Gasteiger partial charge in [0.1, 0.15) is 0 Å². The van der Waals surface area contributed by atoms with Crippen molar-refractivity contribution in [2.24, 2.45) is 0 Å². The molecule has 0 atom stereocenters. The first-order valence-electron chi connectivity index (χ1n) is 8.59. The van der Waals surface area contributed by atoms with Gasteiger partial charge >= 0.3 is 0 Å². The quantitative estimate of drug-likeness (QED) is 0.768. The van der Waals surface area contributed by atoms with Gasteiger partial charge in [-0.15, -0.1) is 0 Å². The Labute approximate surface area is 149 Å². The number of nitrogens with zero attached hydrogens (tertiary/aromatic N) is 2. The van der Waals surface area contributed by atoms with Crippen molar-refractivity contribution < 1.29 is 9.59 Å². The van der Waals surface area contributed by atoms with Crippen LogP contribution < -0.4 is 10.2 Å². The van der Waals surface area contributed by atoms with Crippen molar-refractivity contribution in [3.63, 3.8) is 0 Å². The topological polar surface area (TPSA) is 52.7 Å². The number of hydrogen-bond donors (Lipinski definition) is 1. The number of carbonyl (C=O) groups excluding carboxylic acids is 2. The Morgan fingerprint density at radius 2 is 1.88 bits per heavy atom. The fraction of sp³-hybridized carbons (Fsp3) is 0.556. The van der Waals surface area contributed by atoms with Gasteiger partial charge in [-0.2, -0.15) is 0 Å². The molecule has 2 amide bonds. The molecule has 0 spiro atoms. The van der Waals surface area contributed by atoms with Gasteiger partial charge in [0.2, 0.25) is 11.8 Å². The summed E-state index contributed by atoms with van der Waals surface area (Å²) in [4.78, 5) is 27.2. The lowest BCUT2D eigenvalue weighted by Crippen LogP contribution is -2.48. The highest BCUT2D eigenvalue weighted by Gasteiger charge is 2.20. The Kier molecular flexibility index (Phi) is 7.37. The minimum atomic E-state index is 0.00338. The summed E-state index contributed by atoms with van der Waals surface area (Å²) in [6.45, 7) is 5.42. The van der Waals surface area contributed by atoms with E-state index >= 15 is 0 Å². The van der Waals surface area contributed by atoms with Gasteiger partial charge in [0, 0.05) is 56.8 Å². The molecule has 1 heterocycles. The number of piperazine rings is 1. The molecule has 1 aromatic carbocycles. The molecule has 0 bridgehead atoms. The molecule has 0 aliphatic carbocycles. The first kappa shape index (κ1) is 18.6. The summed E-state index contributed by atoms with van der Waals surface area (Å²) >= 11 is 6.04. The molecule has 5 nitrogen and oxygen atoms in total. The van der Waals surface area contributed by atoms with Gasteiger partial charge in [-0.1, -0.05) is 24.1 Å². The smallest absolute Gasteiger partial charge is 0.222 e. The summed E-state index contributed by atoms with van der Waals surface area (Å²) < 4.78 is 0. The third-order valence-corrected chi connectivity index (χ3v) is 4.48. The van der Waals surface area contributed by atoms with E-state index in [4.69, 9.17) is 11.6 Å². The van der Waals surface area contributed by atoms with E-state index in [1.807, 2.05) is 23.1 Å². The zero-order chi connectivity index (χ0) is 17.4. The van der Waals surface area contributed by atoms with Crippen molar-refractivity contribution >= 4 is 29.1 Å². The molecule has 0 unspecified atom stereocenters. The lowest BCUT2D eigenvalue weighted by molar-refractivity contribution is -0.131. The molecule has 1 N–H and O–H groups in total. The van der Waals surface area contributed by atoms with Gasteiger partial charge in [0.15, 0.2) is 0 Å². The number of amides is 2. The normalized spacial score (nSPS) is 14.6. The van der Waals surface area contributed by atoms with Crippen molar-refractivity contribution in [1.82, 2.24) is 10.2 Å². The standard InChI is InChI=1S/C18H26ClN3O2/c1-15(23)20-9-4-2-3-8-18(24)22-12-10-21(11-13-22)17-7-5-6-16(19)14-17/h5-7,14H,2-4,8-13H2,1H3,(H,20,23). The molecule has 1 aromatic rings. The third-order valence-electron chi connectivity index (χ3n) is 4.25. The summed E-state index contributed by atoms with van der Waals surface area (Å²) in [5, 5.41) is 3.51. The third kappa shape index (κ3) is 6.04. The Morgan fingerprint density at radius 3 is 2.54 bits per heavy atom. The Hall–Kier alpha value is -1.75. The largest absolute Gasteiger partial charge is 0.368 e. The second kappa shape index (κ2) is 9.52. The van der Waals surface area contributed by atoms with Crippen LogP contribution in [0.15, 0.2) is 24.3 Å². The maximum absolute atomic E-state index is 12.3. The molecular weight excluding hydrogens is 326 g/mol. The number of halogens is 1. The first-order valence-corrected chi connectivity index (χ1v) is 8.97. The fourth-order valence-corrected chi connectivity index (χ4v) is 3.07. The molecule has 0 radical (unpaired) electrons. The van der Waals surface area contributed by atoms with Crippen LogP contribution in [0.25, 0.3) is 0 Å². The molecule has 132 valence electrons. The number of nitrogens with one attached hydrogen (secondary N) is 1. The molecule has 0 saturated carbocycles. The summed E-state index contributed by atoms with van der Waals surface area (Å²) in [5.74, 6) is 0.240. The van der Waals surface area contributed by atoms with Crippen LogP contribution in [0.2, 0.25) is 5.02 Å². The van der Waals surface area contributed by atoms with Crippen LogP contribution >= 0.6 is 11.6 Å². The molecule has 6 heteroatoms. The van der Waals surface area contributed by atoms with Gasteiger partial charge in [-0.05, 0) is 31.0 Å². The second-order valence-corrected chi connectivity index (χ2v) is 6.58. The van der Waals surface area contributed by atoms with E-state index in [1.54, 1.807) is 0 Å². The predicted octanol–water partition coefficient (Wildman–Crippen LogP) is 2.69. The van der Waals surface area contributed by atoms with Crippen molar-refractivity contribution in [1.29, 1.82) is 0 Å². The monoisotopic (exact) mass is 351 g/mol. The van der Waals surface area contributed by atoms with E-state index in [1.165, 1.54) is 6.92 Å². The maximum atomic E-state index is 12.3. The zero-order valence-corrected chi connectivity index (χ0v) is 15.0. The van der Waals surface area contributed by atoms with Crippen molar-refractivity contribution in [3.8, 4) is 0 Å². The number of rotatable bonds is 7. The number of carbonyl (C=O) groups is 2. The molecule has 2 rings (SSSR count). The van der Waals surface area contributed by atoms with Crippen molar-refractivity contribution in [3.05, 3.63) is 29.3 Å². The lowest BCUT2D eigenvalue weighted by atomic mass is 10.1. The predicted molar refractivity (Wildman–Crippen MR) is 97.4 cm³/mol. The number of anilines is 1. The zero-order valence-electron chi connectivity index (χ0n) is 14.3. The van der Waals surface area contributed by atoms with Crippen molar-refractivity contribution in [2.75, 3.05) is 37.6 Å². The average molecular weight is 352 g/mol. The highest BCUT2D eigenvalue weighted by molar-refractivity contribution is 6.30. The maximum Gasteiger partial charge on any atom is 0.222 e. The summed E-state index contributed by atoms with van der Waals surface area (Å²) in [6, 6.07) is 7.85. The average Bonchev–Trinajstić information content (AvgIpc) is 2.57. The molecular formula is C18H26ClN3O2. The molecule has 24 heavy (non-hydrogen) atoms.